The monoisotopic (exact) mass is 1220 g/mol. The molecule has 0 fully saturated rings. The predicted molar refractivity (Wildman–Crippen MR) is 385 cm³/mol. The van der Waals surface area contributed by atoms with E-state index in [1.165, 1.54) is 360 Å². The van der Waals surface area contributed by atoms with Crippen LogP contribution in [0.3, 0.4) is 0 Å². The van der Waals surface area contributed by atoms with E-state index >= 15 is 0 Å². The summed E-state index contributed by atoms with van der Waals surface area (Å²) in [5.74, 6) is -0.564. The maximum absolute atomic E-state index is 12.4. The van der Waals surface area contributed by atoms with Crippen LogP contribution in [0.2, 0.25) is 0 Å². The Bertz CT molecular complexity index is 1430. The number of hydrogen-bond donors (Lipinski definition) is 1. The van der Waals surface area contributed by atoms with Gasteiger partial charge in [-0.15, -0.1) is 0 Å². The lowest BCUT2D eigenvalue weighted by Gasteiger charge is -2.15. The van der Waals surface area contributed by atoms with Gasteiger partial charge in [0.25, 0.3) is 0 Å². The molecule has 0 heterocycles. The van der Waals surface area contributed by atoms with Gasteiger partial charge in [-0.2, -0.15) is 0 Å². The molecule has 512 valence electrons. The number of aliphatic hydroxyl groups is 1. The van der Waals surface area contributed by atoms with E-state index in [1.54, 1.807) is 0 Å². The fourth-order valence-electron chi connectivity index (χ4n) is 12.5. The number of allylic oxidation sites excluding steroid dienone is 8. The van der Waals surface area contributed by atoms with Gasteiger partial charge in [0.15, 0.2) is 6.10 Å². The van der Waals surface area contributed by atoms with Crippen molar-refractivity contribution in [3.8, 4) is 0 Å². The van der Waals surface area contributed by atoms with Gasteiger partial charge in [-0.05, 0) is 51.4 Å². The van der Waals surface area contributed by atoms with Crippen molar-refractivity contribution in [2.24, 2.45) is 0 Å². The van der Waals surface area contributed by atoms with Crippen LogP contribution in [0.4, 0.5) is 0 Å². The van der Waals surface area contributed by atoms with E-state index in [0.29, 0.717) is 12.8 Å². The van der Waals surface area contributed by atoms with Gasteiger partial charge >= 0.3 is 11.9 Å². The van der Waals surface area contributed by atoms with E-state index in [-0.39, 0.29) is 25.2 Å². The van der Waals surface area contributed by atoms with Gasteiger partial charge in [-0.25, -0.2) is 0 Å². The summed E-state index contributed by atoms with van der Waals surface area (Å²) in [7, 11) is 0. The number of aliphatic hydroxyl groups excluding tert-OH is 1. The summed E-state index contributed by atoms with van der Waals surface area (Å²) >= 11 is 0. The van der Waals surface area contributed by atoms with Crippen LogP contribution in [-0.2, 0) is 19.1 Å². The molecule has 0 amide bonds. The van der Waals surface area contributed by atoms with Gasteiger partial charge in [-0.1, -0.05) is 428 Å². The van der Waals surface area contributed by atoms with Crippen molar-refractivity contribution in [2.45, 2.75) is 450 Å². The quantitative estimate of drug-likeness (QED) is 0.0373. The van der Waals surface area contributed by atoms with E-state index in [0.717, 1.165) is 57.8 Å². The Kier molecular flexibility index (Phi) is 76.2. The maximum Gasteiger partial charge on any atom is 0.306 e. The van der Waals surface area contributed by atoms with Crippen molar-refractivity contribution < 1.29 is 24.2 Å². The van der Waals surface area contributed by atoms with Gasteiger partial charge in [0.05, 0.1) is 6.61 Å². The van der Waals surface area contributed by atoms with Gasteiger partial charge in [0.2, 0.25) is 0 Å². The third kappa shape index (κ3) is 76.2. The molecule has 0 aromatic heterocycles. The molecule has 0 spiro atoms. The van der Waals surface area contributed by atoms with Crippen molar-refractivity contribution in [2.75, 3.05) is 13.2 Å². The Morgan fingerprint density at radius 1 is 0.276 bits per heavy atom. The SMILES string of the molecule is CC/C=C\C/C=C\C/C=C\C/C=C\CCCCCCCCCCCCCCCCCCCCCCC(=O)OC(CO)COC(=O)CCCCCCCCCCCCCCCCCCCCCCCCCCCCCCCCCCCCCCCCCC. The normalized spacial score (nSPS) is 12.4. The van der Waals surface area contributed by atoms with Gasteiger partial charge in [0, 0.05) is 12.8 Å². The Labute approximate surface area is 545 Å². The standard InChI is InChI=1S/C82H154O5/c1-3-5-7-9-11-13-15-17-19-21-23-25-27-29-31-33-35-37-38-39-40-41-42-43-45-46-48-50-52-54-56-58-60-62-64-66-68-70-72-74-76-81(84)86-79-80(78-83)87-82(85)77-75-73-71-69-67-65-63-61-59-57-55-53-51-49-47-44-36-34-32-30-28-26-24-22-20-18-16-14-12-10-8-6-4-2/h6,8,12,14,18,20,24,26,80,83H,3-5,7,9-11,13,15-17,19,21-23,25,27-79H2,1-2H3/b8-6-,14-12-,20-18-,26-24-. The fraction of sp³-hybridized carbons (Fsp3) is 0.878. The summed E-state index contributed by atoms with van der Waals surface area (Å²) in [6, 6.07) is 0. The number of hydrogen-bond acceptors (Lipinski definition) is 5. The second-order valence-electron chi connectivity index (χ2n) is 27.1. The summed E-state index contributed by atoms with van der Waals surface area (Å²) in [5.41, 5.74) is 0. The summed E-state index contributed by atoms with van der Waals surface area (Å²) < 4.78 is 10.8. The highest BCUT2D eigenvalue weighted by Gasteiger charge is 2.16. The van der Waals surface area contributed by atoms with Crippen molar-refractivity contribution in [3.05, 3.63) is 48.6 Å². The molecule has 0 aliphatic carbocycles. The van der Waals surface area contributed by atoms with Crippen LogP contribution >= 0.6 is 0 Å². The minimum Gasteiger partial charge on any atom is -0.462 e. The highest BCUT2D eigenvalue weighted by molar-refractivity contribution is 5.70. The molecule has 0 aromatic rings. The lowest BCUT2D eigenvalue weighted by atomic mass is 10.0. The lowest BCUT2D eigenvalue weighted by molar-refractivity contribution is -0.161. The minimum atomic E-state index is -0.771. The number of unbranched alkanes of at least 4 members (excludes halogenated alkanes) is 59. The Balaban J connectivity index is 3.35. The third-order valence-electron chi connectivity index (χ3n) is 18.4. The summed E-state index contributed by atoms with van der Waals surface area (Å²) in [5, 5.41) is 9.73. The largest absolute Gasteiger partial charge is 0.462 e. The molecule has 5 heteroatoms. The Morgan fingerprint density at radius 2 is 0.494 bits per heavy atom. The highest BCUT2D eigenvalue weighted by Crippen LogP contribution is 2.20. The number of carbonyl (C=O) groups excluding carboxylic acids is 2. The number of rotatable bonds is 75. The van der Waals surface area contributed by atoms with Crippen LogP contribution in [0, 0.1) is 0 Å². The summed E-state index contributed by atoms with van der Waals surface area (Å²) in [4.78, 5) is 24.7. The number of carbonyl (C=O) groups is 2. The van der Waals surface area contributed by atoms with Crippen LogP contribution in [0.1, 0.15) is 444 Å². The first-order chi connectivity index (χ1) is 43.1. The van der Waals surface area contributed by atoms with Crippen LogP contribution in [0.25, 0.3) is 0 Å². The lowest BCUT2D eigenvalue weighted by Crippen LogP contribution is -2.28. The van der Waals surface area contributed by atoms with E-state index in [2.05, 4.69) is 62.5 Å². The van der Waals surface area contributed by atoms with Crippen LogP contribution in [0.5, 0.6) is 0 Å². The van der Waals surface area contributed by atoms with E-state index < -0.39 is 6.10 Å². The highest BCUT2D eigenvalue weighted by atomic mass is 16.6. The van der Waals surface area contributed by atoms with Crippen molar-refractivity contribution in [3.63, 3.8) is 0 Å². The molecular formula is C82H154O5. The molecular weight excluding hydrogens is 1060 g/mol. The maximum atomic E-state index is 12.4. The molecule has 0 radical (unpaired) electrons. The molecule has 0 aliphatic heterocycles. The molecule has 1 N–H and O–H groups in total. The average molecular weight is 1220 g/mol. The number of esters is 2. The second-order valence-corrected chi connectivity index (χ2v) is 27.1. The second kappa shape index (κ2) is 78.1. The molecule has 1 unspecified atom stereocenters. The zero-order valence-corrected chi connectivity index (χ0v) is 59.1. The van der Waals surface area contributed by atoms with Crippen LogP contribution in [0.15, 0.2) is 48.6 Å². The van der Waals surface area contributed by atoms with Crippen LogP contribution < -0.4 is 0 Å². The van der Waals surface area contributed by atoms with Crippen molar-refractivity contribution >= 4 is 11.9 Å². The molecule has 87 heavy (non-hydrogen) atoms. The van der Waals surface area contributed by atoms with Gasteiger partial charge in [0.1, 0.15) is 6.61 Å². The van der Waals surface area contributed by atoms with Crippen molar-refractivity contribution in [1.82, 2.24) is 0 Å². The van der Waals surface area contributed by atoms with Gasteiger partial charge in [-0.3, -0.25) is 9.59 Å². The van der Waals surface area contributed by atoms with Crippen molar-refractivity contribution in [1.29, 1.82) is 0 Å². The first-order valence-electron chi connectivity index (χ1n) is 39.7. The van der Waals surface area contributed by atoms with E-state index in [4.69, 9.17) is 9.47 Å². The molecule has 0 rings (SSSR count). The first-order valence-corrected chi connectivity index (χ1v) is 39.7. The average Bonchev–Trinajstić information content (AvgIpc) is 3.53. The third-order valence-corrected chi connectivity index (χ3v) is 18.4. The zero-order chi connectivity index (χ0) is 62.6. The summed E-state index contributed by atoms with van der Waals surface area (Å²) in [6.07, 6.45) is 106. The van der Waals surface area contributed by atoms with Crippen LogP contribution in [-0.4, -0.2) is 36.4 Å². The first kappa shape index (κ1) is 84.9. The Hall–Kier alpha value is -2.14. The molecule has 0 aromatic carbocycles. The van der Waals surface area contributed by atoms with Gasteiger partial charge < -0.3 is 14.6 Å². The topological polar surface area (TPSA) is 72.8 Å². The molecule has 0 saturated carbocycles. The smallest absolute Gasteiger partial charge is 0.306 e. The predicted octanol–water partition coefficient (Wildman–Crippen LogP) is 27.8. The Morgan fingerprint density at radius 3 is 0.747 bits per heavy atom. The molecule has 0 saturated heterocycles. The minimum absolute atomic E-state index is 0.0591. The van der Waals surface area contributed by atoms with E-state index in [1.807, 2.05) is 0 Å². The number of ether oxygens (including phenoxy) is 2. The molecule has 1 atom stereocenters. The zero-order valence-electron chi connectivity index (χ0n) is 59.1. The summed E-state index contributed by atoms with van der Waals surface area (Å²) in [6.45, 7) is 4.10. The molecule has 5 nitrogen and oxygen atoms in total. The van der Waals surface area contributed by atoms with E-state index in [9.17, 15) is 14.7 Å². The molecule has 0 bridgehead atoms. The molecule has 0 aliphatic rings. The fourth-order valence-corrected chi connectivity index (χ4v) is 12.5.